The average Bonchev–Trinajstić information content (AvgIpc) is 3.34. The number of rotatable bonds is 3. The SMILES string of the molecule is CC(C)(C)n1cc(C#N)c2c1NC(=O)[C@@H](C(=O)c1ccccc1O)[C@@]21C(=O)Nc2ccc([N+](=O)[O-])cc21. The van der Waals surface area contributed by atoms with Gasteiger partial charge in [-0.2, -0.15) is 5.26 Å². The van der Waals surface area contributed by atoms with Crippen LogP contribution in [0.4, 0.5) is 17.2 Å². The number of carbonyl (C=O) groups excluding carboxylic acids is 3. The van der Waals surface area contributed by atoms with Crippen molar-refractivity contribution in [3.05, 3.63) is 81.0 Å². The van der Waals surface area contributed by atoms with E-state index in [0.717, 1.165) is 6.07 Å². The van der Waals surface area contributed by atoms with E-state index in [4.69, 9.17) is 0 Å². The van der Waals surface area contributed by atoms with Gasteiger partial charge in [-0.25, -0.2) is 0 Å². The Morgan fingerprint density at radius 1 is 1.19 bits per heavy atom. The number of aromatic nitrogens is 1. The second-order valence-electron chi connectivity index (χ2n) is 9.97. The largest absolute Gasteiger partial charge is 0.507 e. The van der Waals surface area contributed by atoms with Crippen molar-refractivity contribution in [2.75, 3.05) is 10.6 Å². The predicted octanol–water partition coefficient (Wildman–Crippen LogP) is 3.42. The standard InChI is InChI=1S/C26H21N5O6/c1-25(2,3)30-12-13(11-27)19-22(30)29-23(34)20(21(33)15-6-4-5-7-18(15)32)26(19)16-10-14(31(36)37)8-9-17(16)28-24(26)35/h4-10,12,20,32H,1-3H3,(H,28,35)(H,29,34)/t20-,26+/m1/s1. The van der Waals surface area contributed by atoms with Gasteiger partial charge in [0, 0.05) is 40.7 Å². The van der Waals surface area contributed by atoms with E-state index in [1.165, 1.54) is 42.6 Å². The van der Waals surface area contributed by atoms with E-state index in [1.54, 1.807) is 4.57 Å². The zero-order valence-electron chi connectivity index (χ0n) is 20.0. The highest BCUT2D eigenvalue weighted by Gasteiger charge is 2.64. The van der Waals surface area contributed by atoms with Gasteiger partial charge in [0.15, 0.2) is 5.78 Å². The van der Waals surface area contributed by atoms with Crippen molar-refractivity contribution in [2.45, 2.75) is 31.7 Å². The van der Waals surface area contributed by atoms with E-state index < -0.39 is 45.1 Å². The number of carbonyl (C=O) groups is 3. The minimum Gasteiger partial charge on any atom is -0.507 e. The van der Waals surface area contributed by atoms with Crippen molar-refractivity contribution in [1.29, 1.82) is 5.26 Å². The number of anilines is 2. The summed E-state index contributed by atoms with van der Waals surface area (Å²) in [5, 5.41) is 37.6. The first-order chi connectivity index (χ1) is 17.4. The minimum atomic E-state index is -2.11. The molecule has 1 aromatic heterocycles. The summed E-state index contributed by atoms with van der Waals surface area (Å²) >= 11 is 0. The van der Waals surface area contributed by atoms with Crippen LogP contribution in [0.5, 0.6) is 5.75 Å². The number of phenols is 1. The Bertz CT molecular complexity index is 1590. The lowest BCUT2D eigenvalue weighted by Crippen LogP contribution is -2.55. The Labute approximate surface area is 210 Å². The number of fused-ring (bicyclic) bond motifs is 4. The number of para-hydroxylation sites is 1. The number of nitrogens with zero attached hydrogens (tertiary/aromatic N) is 3. The summed E-state index contributed by atoms with van der Waals surface area (Å²) in [6.07, 6.45) is 1.49. The maximum atomic E-state index is 14.0. The number of benzene rings is 2. The van der Waals surface area contributed by atoms with Crippen LogP contribution >= 0.6 is 0 Å². The zero-order chi connectivity index (χ0) is 26.9. The van der Waals surface area contributed by atoms with Gasteiger partial charge in [0.1, 0.15) is 29.0 Å². The first-order valence-corrected chi connectivity index (χ1v) is 11.3. The highest BCUT2D eigenvalue weighted by Crippen LogP contribution is 2.56. The van der Waals surface area contributed by atoms with Crippen LogP contribution in [0, 0.1) is 27.4 Å². The molecular weight excluding hydrogens is 478 g/mol. The minimum absolute atomic E-state index is 0.0227. The molecular formula is C26H21N5O6. The number of amides is 2. The summed E-state index contributed by atoms with van der Waals surface area (Å²) in [4.78, 5) is 52.7. The van der Waals surface area contributed by atoms with Gasteiger partial charge in [0.2, 0.25) is 11.8 Å². The van der Waals surface area contributed by atoms with Gasteiger partial charge in [0.05, 0.1) is 16.1 Å². The third-order valence-corrected chi connectivity index (χ3v) is 6.86. The summed E-state index contributed by atoms with van der Waals surface area (Å²) in [5.74, 6) is -4.53. The maximum absolute atomic E-state index is 14.0. The fourth-order valence-electron chi connectivity index (χ4n) is 5.28. The predicted molar refractivity (Wildman–Crippen MR) is 131 cm³/mol. The fourth-order valence-corrected chi connectivity index (χ4v) is 5.28. The Kier molecular flexibility index (Phi) is 4.98. The van der Waals surface area contributed by atoms with Crippen LogP contribution in [-0.4, -0.2) is 32.2 Å². The second-order valence-corrected chi connectivity index (χ2v) is 9.97. The molecule has 37 heavy (non-hydrogen) atoms. The van der Waals surface area contributed by atoms with Gasteiger partial charge in [-0.05, 0) is 39.0 Å². The molecule has 3 heterocycles. The van der Waals surface area contributed by atoms with Crippen molar-refractivity contribution < 1.29 is 24.4 Å². The first kappa shape index (κ1) is 23.7. The van der Waals surface area contributed by atoms with E-state index in [2.05, 4.69) is 16.7 Å². The molecule has 186 valence electrons. The molecule has 0 radical (unpaired) electrons. The lowest BCUT2D eigenvalue weighted by atomic mass is 9.61. The van der Waals surface area contributed by atoms with Crippen LogP contribution in [0.3, 0.4) is 0 Å². The average molecular weight is 499 g/mol. The number of Topliss-reactive ketones (excluding diaryl/α,β-unsaturated/α-hetero) is 1. The summed E-state index contributed by atoms with van der Waals surface area (Å²) in [6, 6.07) is 11.3. The molecule has 3 N–H and O–H groups in total. The number of non-ortho nitro benzene ring substituents is 1. The number of nitriles is 1. The number of ketones is 1. The highest BCUT2D eigenvalue weighted by atomic mass is 16.6. The Balaban J connectivity index is 1.93. The van der Waals surface area contributed by atoms with Gasteiger partial charge >= 0.3 is 0 Å². The number of nitrogens with one attached hydrogen (secondary N) is 2. The Morgan fingerprint density at radius 2 is 1.89 bits per heavy atom. The van der Waals surface area contributed by atoms with Crippen molar-refractivity contribution in [2.24, 2.45) is 5.92 Å². The van der Waals surface area contributed by atoms with Crippen LogP contribution in [0.2, 0.25) is 0 Å². The number of aromatic hydroxyl groups is 1. The number of hydrogen-bond acceptors (Lipinski definition) is 7. The summed E-state index contributed by atoms with van der Waals surface area (Å²) in [6.45, 7) is 5.50. The third-order valence-electron chi connectivity index (χ3n) is 6.86. The molecule has 0 unspecified atom stereocenters. The van der Waals surface area contributed by atoms with Gasteiger partial charge in [-0.15, -0.1) is 0 Å². The van der Waals surface area contributed by atoms with E-state index in [0.29, 0.717) is 0 Å². The molecule has 2 aromatic carbocycles. The Hall–Kier alpha value is -4.98. The fraction of sp³-hybridized carbons (Fsp3) is 0.231. The number of phenolic OH excluding ortho intramolecular Hbond substituents is 1. The van der Waals surface area contributed by atoms with Crippen LogP contribution < -0.4 is 10.6 Å². The number of nitro groups is 1. The monoisotopic (exact) mass is 499 g/mol. The summed E-state index contributed by atoms with van der Waals surface area (Å²) in [5.41, 5.74) is -3.03. The van der Waals surface area contributed by atoms with Gasteiger partial charge in [-0.3, -0.25) is 24.5 Å². The number of nitro benzene ring substituents is 1. The van der Waals surface area contributed by atoms with Gasteiger partial charge in [-0.1, -0.05) is 12.1 Å². The van der Waals surface area contributed by atoms with E-state index in [-0.39, 0.29) is 39.4 Å². The second kappa shape index (κ2) is 7.76. The van der Waals surface area contributed by atoms with Crippen molar-refractivity contribution in [3.8, 4) is 11.8 Å². The van der Waals surface area contributed by atoms with E-state index in [9.17, 15) is 34.9 Å². The zero-order valence-corrected chi connectivity index (χ0v) is 20.0. The molecule has 0 saturated heterocycles. The van der Waals surface area contributed by atoms with Crippen molar-refractivity contribution >= 4 is 34.8 Å². The van der Waals surface area contributed by atoms with Crippen molar-refractivity contribution in [1.82, 2.24) is 4.57 Å². The quantitative estimate of drug-likeness (QED) is 0.215. The molecule has 5 rings (SSSR count). The van der Waals surface area contributed by atoms with E-state index >= 15 is 0 Å². The topological polar surface area (TPSA) is 167 Å². The summed E-state index contributed by atoms with van der Waals surface area (Å²) in [7, 11) is 0. The van der Waals surface area contributed by atoms with Crippen LogP contribution in [-0.2, 0) is 20.5 Å². The molecule has 2 aliphatic heterocycles. The van der Waals surface area contributed by atoms with Crippen molar-refractivity contribution in [3.63, 3.8) is 0 Å². The summed E-state index contributed by atoms with van der Waals surface area (Å²) < 4.78 is 1.63. The molecule has 3 aromatic rings. The molecule has 0 bridgehead atoms. The molecule has 0 aliphatic carbocycles. The molecule has 2 atom stereocenters. The molecule has 2 amide bonds. The lowest BCUT2D eigenvalue weighted by Gasteiger charge is -2.39. The van der Waals surface area contributed by atoms with Gasteiger partial charge < -0.3 is 20.3 Å². The number of hydrogen-bond donors (Lipinski definition) is 3. The molecule has 11 nitrogen and oxygen atoms in total. The normalized spacial score (nSPS) is 20.0. The van der Waals surface area contributed by atoms with E-state index in [1.807, 2.05) is 20.8 Å². The Morgan fingerprint density at radius 3 is 2.51 bits per heavy atom. The molecule has 11 heteroatoms. The highest BCUT2D eigenvalue weighted by molar-refractivity contribution is 6.25. The molecule has 0 saturated carbocycles. The third kappa shape index (κ3) is 3.15. The molecule has 1 spiro atoms. The van der Waals surface area contributed by atoms with Crippen LogP contribution in [0.1, 0.15) is 47.8 Å². The van der Waals surface area contributed by atoms with Gasteiger partial charge in [0.25, 0.3) is 5.69 Å². The molecule has 0 fully saturated rings. The lowest BCUT2D eigenvalue weighted by molar-refractivity contribution is -0.384. The molecule has 2 aliphatic rings. The first-order valence-electron chi connectivity index (χ1n) is 11.3. The van der Waals surface area contributed by atoms with Crippen LogP contribution in [0.15, 0.2) is 48.7 Å². The smallest absolute Gasteiger partial charge is 0.269 e. The maximum Gasteiger partial charge on any atom is 0.269 e. The van der Waals surface area contributed by atoms with Crippen LogP contribution in [0.25, 0.3) is 0 Å².